The second-order valence-corrected chi connectivity index (χ2v) is 3.89. The molecule has 0 aliphatic heterocycles. The van der Waals surface area contributed by atoms with Crippen molar-refractivity contribution in [3.05, 3.63) is 40.5 Å². The number of rotatable bonds is 1. The number of aryl methyl sites for hydroxylation is 1. The van der Waals surface area contributed by atoms with Crippen LogP contribution in [0.5, 0.6) is 0 Å². The number of methoxy groups -OCH3 is 1. The zero-order valence-corrected chi connectivity index (χ0v) is 9.71. The summed E-state index contributed by atoms with van der Waals surface area (Å²) >= 11 is 5.88. The normalized spacial score (nSPS) is 10.4. The Morgan fingerprint density at radius 3 is 2.81 bits per heavy atom. The van der Waals surface area contributed by atoms with Crippen molar-refractivity contribution < 1.29 is 9.53 Å². The summed E-state index contributed by atoms with van der Waals surface area (Å²) in [6.07, 6.45) is 0. The van der Waals surface area contributed by atoms with Gasteiger partial charge in [0.15, 0.2) is 0 Å². The number of aromatic nitrogens is 1. The van der Waals surface area contributed by atoms with Crippen LogP contribution in [0.25, 0.3) is 10.9 Å². The molecule has 0 unspecified atom stereocenters. The van der Waals surface area contributed by atoms with Crippen LogP contribution in [0.3, 0.4) is 0 Å². The van der Waals surface area contributed by atoms with Crippen molar-refractivity contribution in [2.24, 2.45) is 0 Å². The van der Waals surface area contributed by atoms with Gasteiger partial charge in [-0.25, -0.2) is 4.79 Å². The molecule has 2 aromatic rings. The third-order valence-corrected chi connectivity index (χ3v) is 2.61. The summed E-state index contributed by atoms with van der Waals surface area (Å²) in [6, 6.07) is 7.12. The minimum atomic E-state index is -0.383. The molecule has 0 saturated heterocycles. The average Bonchev–Trinajstić information content (AvgIpc) is 2.28. The van der Waals surface area contributed by atoms with Crippen LogP contribution in [0, 0.1) is 6.92 Å². The van der Waals surface area contributed by atoms with E-state index in [4.69, 9.17) is 11.6 Å². The van der Waals surface area contributed by atoms with E-state index < -0.39 is 0 Å². The van der Waals surface area contributed by atoms with Crippen LogP contribution in [-0.4, -0.2) is 18.1 Å². The molecule has 0 amide bonds. The fraction of sp³-hybridized carbons (Fsp3) is 0.167. The number of nitrogens with zero attached hydrogens (tertiary/aromatic N) is 1. The molecule has 0 atom stereocenters. The number of esters is 1. The van der Waals surface area contributed by atoms with Gasteiger partial charge in [0.2, 0.25) is 0 Å². The first-order valence-corrected chi connectivity index (χ1v) is 5.15. The summed E-state index contributed by atoms with van der Waals surface area (Å²) in [5, 5.41) is 1.45. The van der Waals surface area contributed by atoms with Gasteiger partial charge in [0, 0.05) is 10.4 Å². The molecule has 0 aliphatic carbocycles. The van der Waals surface area contributed by atoms with E-state index in [0.717, 1.165) is 10.9 Å². The predicted molar refractivity (Wildman–Crippen MR) is 62.8 cm³/mol. The Labute approximate surface area is 98.0 Å². The van der Waals surface area contributed by atoms with Gasteiger partial charge in [0.25, 0.3) is 0 Å². The smallest absolute Gasteiger partial charge is 0.339 e. The first kappa shape index (κ1) is 10.9. The van der Waals surface area contributed by atoms with Crippen LogP contribution in [0.4, 0.5) is 0 Å². The molecular formula is C12H10ClNO2. The Balaban J connectivity index is 2.68. The van der Waals surface area contributed by atoms with Crippen LogP contribution in [0.1, 0.15) is 16.1 Å². The highest BCUT2D eigenvalue weighted by molar-refractivity contribution is 6.31. The van der Waals surface area contributed by atoms with Gasteiger partial charge in [-0.15, -0.1) is 0 Å². The maximum Gasteiger partial charge on any atom is 0.339 e. The van der Waals surface area contributed by atoms with Gasteiger partial charge in [-0.1, -0.05) is 11.6 Å². The average molecular weight is 236 g/mol. The molecule has 3 nitrogen and oxygen atoms in total. The van der Waals surface area contributed by atoms with Gasteiger partial charge in [0.05, 0.1) is 23.9 Å². The highest BCUT2D eigenvalue weighted by atomic mass is 35.5. The van der Waals surface area contributed by atoms with E-state index in [1.165, 1.54) is 7.11 Å². The zero-order chi connectivity index (χ0) is 11.7. The summed E-state index contributed by atoms with van der Waals surface area (Å²) in [7, 11) is 1.35. The lowest BCUT2D eigenvalue weighted by Gasteiger charge is -2.05. The molecule has 0 N–H and O–H groups in total. The van der Waals surface area contributed by atoms with Crippen molar-refractivity contribution in [3.63, 3.8) is 0 Å². The van der Waals surface area contributed by atoms with Gasteiger partial charge in [-0.2, -0.15) is 0 Å². The molecule has 2 rings (SSSR count). The summed E-state index contributed by atoms with van der Waals surface area (Å²) in [6.45, 7) is 1.78. The molecular weight excluding hydrogens is 226 g/mol. The van der Waals surface area contributed by atoms with Crippen LogP contribution < -0.4 is 0 Å². The third-order valence-electron chi connectivity index (χ3n) is 2.37. The highest BCUT2D eigenvalue weighted by Gasteiger charge is 2.11. The Morgan fingerprint density at radius 1 is 1.38 bits per heavy atom. The summed E-state index contributed by atoms with van der Waals surface area (Å²) in [5.74, 6) is -0.383. The Morgan fingerprint density at radius 2 is 2.12 bits per heavy atom. The van der Waals surface area contributed by atoms with E-state index in [1.807, 2.05) is 6.07 Å². The molecule has 0 saturated carbocycles. The van der Waals surface area contributed by atoms with E-state index in [0.29, 0.717) is 16.3 Å². The largest absolute Gasteiger partial charge is 0.465 e. The maximum atomic E-state index is 11.5. The molecule has 0 aliphatic rings. The summed E-state index contributed by atoms with van der Waals surface area (Å²) in [5.41, 5.74) is 1.94. The lowest BCUT2D eigenvalue weighted by atomic mass is 10.1. The summed E-state index contributed by atoms with van der Waals surface area (Å²) < 4.78 is 4.68. The molecule has 1 aromatic carbocycles. The Hall–Kier alpha value is -1.61. The predicted octanol–water partition coefficient (Wildman–Crippen LogP) is 2.98. The molecule has 0 fully saturated rings. The first-order valence-electron chi connectivity index (χ1n) is 4.77. The second kappa shape index (κ2) is 4.10. The van der Waals surface area contributed by atoms with Gasteiger partial charge in [0.1, 0.15) is 0 Å². The van der Waals surface area contributed by atoms with E-state index in [1.54, 1.807) is 25.1 Å². The van der Waals surface area contributed by atoms with Crippen molar-refractivity contribution in [1.29, 1.82) is 0 Å². The molecule has 1 aromatic heterocycles. The molecule has 0 spiro atoms. The lowest BCUT2D eigenvalue weighted by Crippen LogP contribution is -2.05. The summed E-state index contributed by atoms with van der Waals surface area (Å²) in [4.78, 5) is 15.8. The third kappa shape index (κ3) is 1.86. The number of benzene rings is 1. The Kier molecular flexibility index (Phi) is 2.79. The first-order chi connectivity index (χ1) is 7.61. The van der Waals surface area contributed by atoms with Crippen LogP contribution in [0.15, 0.2) is 24.3 Å². The number of ether oxygens (including phenoxy) is 1. The number of carbonyl (C=O) groups is 1. The van der Waals surface area contributed by atoms with Crippen LogP contribution in [-0.2, 0) is 4.74 Å². The van der Waals surface area contributed by atoms with Gasteiger partial charge >= 0.3 is 5.97 Å². The van der Waals surface area contributed by atoms with E-state index in [2.05, 4.69) is 9.72 Å². The minimum Gasteiger partial charge on any atom is -0.465 e. The molecule has 0 radical (unpaired) electrons. The van der Waals surface area contributed by atoms with Crippen LogP contribution >= 0.6 is 11.6 Å². The number of fused-ring (bicyclic) bond motifs is 1. The number of carbonyl (C=O) groups excluding carboxylic acids is 1. The van der Waals surface area contributed by atoms with Gasteiger partial charge in [-0.3, -0.25) is 4.98 Å². The van der Waals surface area contributed by atoms with Crippen molar-refractivity contribution >= 4 is 28.5 Å². The van der Waals surface area contributed by atoms with Crippen molar-refractivity contribution in [2.45, 2.75) is 6.92 Å². The molecule has 4 heteroatoms. The standard InChI is InChI=1S/C12H10ClNO2/c1-7-10(12(15)16-2)6-8-5-9(13)3-4-11(8)14-7/h3-6H,1-2H3. The number of pyridine rings is 1. The number of halogens is 1. The van der Waals surface area contributed by atoms with Gasteiger partial charge in [-0.05, 0) is 31.2 Å². The fourth-order valence-electron chi connectivity index (χ4n) is 1.56. The second-order valence-electron chi connectivity index (χ2n) is 3.45. The minimum absolute atomic E-state index is 0.383. The molecule has 0 bridgehead atoms. The zero-order valence-electron chi connectivity index (χ0n) is 8.95. The topological polar surface area (TPSA) is 39.2 Å². The monoisotopic (exact) mass is 235 g/mol. The van der Waals surface area contributed by atoms with E-state index in [-0.39, 0.29) is 5.97 Å². The molecule has 16 heavy (non-hydrogen) atoms. The fourth-order valence-corrected chi connectivity index (χ4v) is 1.74. The SMILES string of the molecule is COC(=O)c1cc2cc(Cl)ccc2nc1C. The molecule has 82 valence electrons. The van der Waals surface area contributed by atoms with E-state index in [9.17, 15) is 4.79 Å². The van der Waals surface area contributed by atoms with Crippen molar-refractivity contribution in [1.82, 2.24) is 4.98 Å². The van der Waals surface area contributed by atoms with Gasteiger partial charge < -0.3 is 4.74 Å². The lowest BCUT2D eigenvalue weighted by molar-refractivity contribution is 0.0599. The highest BCUT2D eigenvalue weighted by Crippen LogP contribution is 2.20. The number of hydrogen-bond acceptors (Lipinski definition) is 3. The number of hydrogen-bond donors (Lipinski definition) is 0. The maximum absolute atomic E-state index is 11.5. The van der Waals surface area contributed by atoms with Crippen molar-refractivity contribution in [2.75, 3.05) is 7.11 Å². The van der Waals surface area contributed by atoms with E-state index >= 15 is 0 Å². The van der Waals surface area contributed by atoms with Crippen LogP contribution in [0.2, 0.25) is 5.02 Å². The van der Waals surface area contributed by atoms with Crippen molar-refractivity contribution in [3.8, 4) is 0 Å². The quantitative estimate of drug-likeness (QED) is 0.714. The molecule has 1 heterocycles. The Bertz CT molecular complexity index is 566.